The molecule has 0 heterocycles. The Morgan fingerprint density at radius 2 is 1.39 bits per heavy atom. The Bertz CT molecular complexity index is 216. The predicted molar refractivity (Wildman–Crippen MR) is 89.4 cm³/mol. The fourth-order valence-electron chi connectivity index (χ4n) is 2.12. The first-order chi connectivity index (χ1) is 8.52. The highest BCUT2D eigenvalue weighted by Gasteiger charge is 2.17. The Balaban J connectivity index is 3.52. The molecule has 0 radical (unpaired) electrons. The number of alkyl halides is 1. The van der Waals surface area contributed by atoms with E-state index in [1.165, 1.54) is 63.0 Å². The van der Waals surface area contributed by atoms with Crippen molar-refractivity contribution in [2.24, 2.45) is 0 Å². The Hall–Kier alpha value is 0.247. The average molecular weight is 289 g/mol. The largest absolute Gasteiger partial charge is 0.122 e. The zero-order valence-corrected chi connectivity index (χ0v) is 14.8. The van der Waals surface area contributed by atoms with Gasteiger partial charge in [-0.15, -0.1) is 11.6 Å². The van der Waals surface area contributed by atoms with Gasteiger partial charge >= 0.3 is 0 Å². The van der Waals surface area contributed by atoms with Crippen LogP contribution < -0.4 is 0 Å². The highest BCUT2D eigenvalue weighted by atomic mass is 35.5. The van der Waals surface area contributed by atoms with E-state index in [4.69, 9.17) is 11.6 Å². The average Bonchev–Trinajstić information content (AvgIpc) is 2.30. The first-order valence-electron chi connectivity index (χ1n) is 7.77. The standard InChI is InChI=1S/C16H33ClSi/c1-5-6-7-8-9-10-11-12-13-14-16(15-17)18(2,3)4/h14H,5-13,15H2,1-4H3/b16-14-. The summed E-state index contributed by atoms with van der Waals surface area (Å²) in [5, 5.41) is 1.53. The summed E-state index contributed by atoms with van der Waals surface area (Å²) in [7, 11) is -1.15. The molecule has 108 valence electrons. The molecule has 0 fully saturated rings. The molecule has 0 amide bonds. The molecule has 0 nitrogen and oxygen atoms in total. The molecule has 0 aliphatic carbocycles. The van der Waals surface area contributed by atoms with E-state index >= 15 is 0 Å². The number of halogens is 1. The second-order valence-corrected chi connectivity index (χ2v) is 11.8. The number of hydrogen-bond donors (Lipinski definition) is 0. The smallest absolute Gasteiger partial charge is 0.0735 e. The van der Waals surface area contributed by atoms with Crippen LogP contribution in [0.3, 0.4) is 0 Å². The maximum absolute atomic E-state index is 6.03. The topological polar surface area (TPSA) is 0 Å². The van der Waals surface area contributed by atoms with Crippen LogP contribution in [0.1, 0.15) is 64.7 Å². The lowest BCUT2D eigenvalue weighted by atomic mass is 10.1. The van der Waals surface area contributed by atoms with Gasteiger partial charge in [0.2, 0.25) is 0 Å². The molecule has 2 heteroatoms. The molecule has 0 saturated carbocycles. The second kappa shape index (κ2) is 11.1. The lowest BCUT2D eigenvalue weighted by molar-refractivity contribution is 0.577. The van der Waals surface area contributed by atoms with Crippen LogP contribution in [0.4, 0.5) is 0 Å². The van der Waals surface area contributed by atoms with Gasteiger partial charge in [-0.2, -0.15) is 0 Å². The monoisotopic (exact) mass is 288 g/mol. The number of hydrogen-bond acceptors (Lipinski definition) is 0. The van der Waals surface area contributed by atoms with Gasteiger partial charge in [-0.3, -0.25) is 0 Å². The van der Waals surface area contributed by atoms with Crippen LogP contribution >= 0.6 is 11.6 Å². The van der Waals surface area contributed by atoms with Crippen LogP contribution in [0.5, 0.6) is 0 Å². The van der Waals surface area contributed by atoms with Gasteiger partial charge in [-0.25, -0.2) is 0 Å². The SMILES string of the molecule is CCCCCCCCCC/C=C(/CCl)[Si](C)(C)C. The minimum absolute atomic E-state index is 0.743. The van der Waals surface area contributed by atoms with Crippen molar-refractivity contribution >= 4 is 19.7 Å². The maximum atomic E-state index is 6.03. The highest BCUT2D eigenvalue weighted by Crippen LogP contribution is 2.18. The van der Waals surface area contributed by atoms with Gasteiger partial charge in [0.25, 0.3) is 0 Å². The molecule has 0 saturated heterocycles. The summed E-state index contributed by atoms with van der Waals surface area (Å²) >= 11 is 6.03. The molecular weight excluding hydrogens is 256 g/mol. The van der Waals surface area contributed by atoms with Gasteiger partial charge in [0, 0.05) is 5.88 Å². The zero-order chi connectivity index (χ0) is 13.9. The van der Waals surface area contributed by atoms with Crippen molar-refractivity contribution in [1.82, 2.24) is 0 Å². The molecule has 0 aromatic heterocycles. The molecule has 0 spiro atoms. The normalized spacial score (nSPS) is 13.1. The van der Waals surface area contributed by atoms with Gasteiger partial charge in [0.1, 0.15) is 0 Å². The van der Waals surface area contributed by atoms with Crippen LogP contribution in [-0.2, 0) is 0 Å². The first-order valence-corrected chi connectivity index (χ1v) is 11.8. The van der Waals surface area contributed by atoms with Gasteiger partial charge in [-0.1, -0.05) is 82.8 Å². The molecule has 18 heavy (non-hydrogen) atoms. The summed E-state index contributed by atoms with van der Waals surface area (Å²) in [6, 6.07) is 0. The van der Waals surface area contributed by atoms with Crippen LogP contribution in [-0.4, -0.2) is 14.0 Å². The van der Waals surface area contributed by atoms with Gasteiger partial charge in [0.05, 0.1) is 8.07 Å². The Morgan fingerprint density at radius 3 is 1.83 bits per heavy atom. The van der Waals surface area contributed by atoms with Crippen molar-refractivity contribution in [3.05, 3.63) is 11.3 Å². The summed E-state index contributed by atoms with van der Waals surface area (Å²) in [6.45, 7) is 9.43. The second-order valence-electron chi connectivity index (χ2n) is 6.38. The molecule has 0 aliphatic heterocycles. The molecule has 0 aliphatic rings. The quantitative estimate of drug-likeness (QED) is 0.229. The van der Waals surface area contributed by atoms with Crippen LogP contribution in [0, 0.1) is 0 Å². The zero-order valence-electron chi connectivity index (χ0n) is 13.0. The van der Waals surface area contributed by atoms with Crippen molar-refractivity contribution < 1.29 is 0 Å². The Labute approximate surface area is 121 Å². The van der Waals surface area contributed by atoms with E-state index in [1.807, 2.05) is 0 Å². The third-order valence-electron chi connectivity index (χ3n) is 3.56. The third kappa shape index (κ3) is 10.2. The predicted octanol–water partition coefficient (Wildman–Crippen LogP) is 6.56. The summed E-state index contributed by atoms with van der Waals surface area (Å²) < 4.78 is 0. The number of unbranched alkanes of at least 4 members (excludes halogenated alkanes) is 8. The molecule has 0 bridgehead atoms. The van der Waals surface area contributed by atoms with E-state index in [0.717, 1.165) is 5.88 Å². The van der Waals surface area contributed by atoms with E-state index in [2.05, 4.69) is 32.6 Å². The molecule has 0 atom stereocenters. The van der Waals surface area contributed by atoms with E-state index in [0.29, 0.717) is 0 Å². The van der Waals surface area contributed by atoms with E-state index < -0.39 is 8.07 Å². The number of rotatable bonds is 11. The minimum atomic E-state index is -1.15. The van der Waals surface area contributed by atoms with Crippen molar-refractivity contribution in [2.75, 3.05) is 5.88 Å². The first kappa shape index (κ1) is 18.2. The van der Waals surface area contributed by atoms with Gasteiger partial charge < -0.3 is 0 Å². The van der Waals surface area contributed by atoms with E-state index in [9.17, 15) is 0 Å². The van der Waals surface area contributed by atoms with Crippen molar-refractivity contribution in [3.63, 3.8) is 0 Å². The molecule has 0 aromatic rings. The third-order valence-corrected chi connectivity index (χ3v) is 6.38. The molecular formula is C16H33ClSi. The van der Waals surface area contributed by atoms with Crippen molar-refractivity contribution in [3.8, 4) is 0 Å². The summed E-state index contributed by atoms with van der Waals surface area (Å²) in [6.07, 6.45) is 14.9. The van der Waals surface area contributed by atoms with Gasteiger partial charge in [0.15, 0.2) is 0 Å². The fraction of sp³-hybridized carbons (Fsp3) is 0.875. The Kier molecular flexibility index (Phi) is 11.3. The molecule has 0 unspecified atom stereocenters. The van der Waals surface area contributed by atoms with Crippen LogP contribution in [0.15, 0.2) is 11.3 Å². The summed E-state index contributed by atoms with van der Waals surface area (Å²) in [5.41, 5.74) is 0. The summed E-state index contributed by atoms with van der Waals surface area (Å²) in [4.78, 5) is 0. The Morgan fingerprint density at radius 1 is 0.889 bits per heavy atom. The summed E-state index contributed by atoms with van der Waals surface area (Å²) in [5.74, 6) is 0.743. The lowest BCUT2D eigenvalue weighted by Gasteiger charge is -2.18. The molecule has 0 aromatic carbocycles. The van der Waals surface area contributed by atoms with Crippen molar-refractivity contribution in [1.29, 1.82) is 0 Å². The highest BCUT2D eigenvalue weighted by molar-refractivity contribution is 6.83. The van der Waals surface area contributed by atoms with Gasteiger partial charge in [-0.05, 0) is 12.8 Å². The fourth-order valence-corrected chi connectivity index (χ4v) is 4.59. The van der Waals surface area contributed by atoms with Crippen LogP contribution in [0.2, 0.25) is 19.6 Å². The molecule has 0 rings (SSSR count). The minimum Gasteiger partial charge on any atom is -0.122 e. The van der Waals surface area contributed by atoms with E-state index in [1.54, 1.807) is 0 Å². The molecule has 0 N–H and O–H groups in total. The maximum Gasteiger partial charge on any atom is 0.0735 e. The van der Waals surface area contributed by atoms with Crippen LogP contribution in [0.25, 0.3) is 0 Å². The number of allylic oxidation sites excluding steroid dienone is 2. The van der Waals surface area contributed by atoms with Crippen molar-refractivity contribution in [2.45, 2.75) is 84.4 Å². The van der Waals surface area contributed by atoms with E-state index in [-0.39, 0.29) is 0 Å². The lowest BCUT2D eigenvalue weighted by Crippen LogP contribution is -2.25.